The van der Waals surface area contributed by atoms with Crippen molar-refractivity contribution in [3.8, 4) is 11.5 Å². The van der Waals surface area contributed by atoms with Crippen molar-refractivity contribution in [1.29, 1.82) is 0 Å². The summed E-state index contributed by atoms with van der Waals surface area (Å²) in [6.07, 6.45) is 1.35. The molecular weight excluding hydrogens is 322 g/mol. The molecule has 1 aliphatic heterocycles. The van der Waals surface area contributed by atoms with Gasteiger partial charge in [0.25, 0.3) is 11.8 Å². The van der Waals surface area contributed by atoms with Crippen LogP contribution in [0.1, 0.15) is 15.9 Å². The Bertz CT molecular complexity index is 872. The predicted molar refractivity (Wildman–Crippen MR) is 92.8 cm³/mol. The number of rotatable bonds is 4. The zero-order chi connectivity index (χ0) is 18.0. The van der Waals surface area contributed by atoms with Crippen LogP contribution in [-0.2, 0) is 9.53 Å². The second-order valence-corrected chi connectivity index (χ2v) is 5.30. The molecule has 0 saturated heterocycles. The summed E-state index contributed by atoms with van der Waals surface area (Å²) in [5.74, 6) is 0.0757. The van der Waals surface area contributed by atoms with Gasteiger partial charge in [0.1, 0.15) is 0 Å². The molecule has 0 unspecified atom stereocenters. The van der Waals surface area contributed by atoms with E-state index in [1.54, 1.807) is 42.5 Å². The van der Waals surface area contributed by atoms with Crippen molar-refractivity contribution < 1.29 is 23.8 Å². The number of nitrogens with zero attached hydrogens (tertiary/aromatic N) is 1. The minimum absolute atomic E-state index is 0.312. The summed E-state index contributed by atoms with van der Waals surface area (Å²) >= 11 is 0. The molecule has 0 bridgehead atoms. The van der Waals surface area contributed by atoms with E-state index in [1.165, 1.54) is 27.6 Å². The maximum Gasteiger partial charge on any atom is 0.269 e. The van der Waals surface area contributed by atoms with Crippen LogP contribution in [0.3, 0.4) is 0 Å². The number of ether oxygens (including phenoxy) is 3. The number of carbonyl (C=O) groups is 2. The molecule has 6 heteroatoms. The van der Waals surface area contributed by atoms with Crippen LogP contribution >= 0.6 is 0 Å². The van der Waals surface area contributed by atoms with Gasteiger partial charge in [-0.3, -0.25) is 9.59 Å². The molecule has 2 aromatic rings. The highest BCUT2D eigenvalue weighted by molar-refractivity contribution is 6.40. The number of fused-ring (bicyclic) bond motifs is 1. The Morgan fingerprint density at radius 3 is 2.16 bits per heavy atom. The first-order chi connectivity index (χ1) is 12.1. The number of hydrogen-bond donors (Lipinski definition) is 0. The Kier molecular flexibility index (Phi) is 4.43. The van der Waals surface area contributed by atoms with Gasteiger partial charge in [-0.1, -0.05) is 18.2 Å². The fourth-order valence-corrected chi connectivity index (χ4v) is 2.78. The summed E-state index contributed by atoms with van der Waals surface area (Å²) in [6.45, 7) is 0. The van der Waals surface area contributed by atoms with E-state index >= 15 is 0 Å². The smallest absolute Gasteiger partial charge is 0.269 e. The maximum absolute atomic E-state index is 12.9. The van der Waals surface area contributed by atoms with Gasteiger partial charge in [-0.05, 0) is 18.2 Å². The van der Waals surface area contributed by atoms with Gasteiger partial charge < -0.3 is 14.2 Å². The van der Waals surface area contributed by atoms with E-state index in [9.17, 15) is 9.59 Å². The molecule has 2 aromatic carbocycles. The quantitative estimate of drug-likeness (QED) is 0.487. The number of hydrogen-bond acceptors (Lipinski definition) is 5. The van der Waals surface area contributed by atoms with Crippen molar-refractivity contribution in [2.24, 2.45) is 0 Å². The highest BCUT2D eigenvalue weighted by Crippen LogP contribution is 2.36. The van der Waals surface area contributed by atoms with E-state index in [0.29, 0.717) is 33.9 Å². The zero-order valence-corrected chi connectivity index (χ0v) is 14.1. The van der Waals surface area contributed by atoms with Crippen LogP contribution in [0.4, 0.5) is 5.69 Å². The van der Waals surface area contributed by atoms with E-state index < -0.39 is 11.8 Å². The van der Waals surface area contributed by atoms with Crippen molar-refractivity contribution in [2.75, 3.05) is 26.2 Å². The minimum Gasteiger partial charge on any atom is -0.504 e. The summed E-state index contributed by atoms with van der Waals surface area (Å²) in [7, 11) is 4.47. The molecule has 0 aromatic heterocycles. The summed E-state index contributed by atoms with van der Waals surface area (Å²) in [5.41, 5.74) is 1.69. The minimum atomic E-state index is -0.460. The Morgan fingerprint density at radius 1 is 0.840 bits per heavy atom. The molecule has 3 rings (SSSR count). The number of amides is 2. The Hall–Kier alpha value is -3.28. The van der Waals surface area contributed by atoms with E-state index in [2.05, 4.69) is 0 Å². The normalized spacial score (nSPS) is 15.2. The molecule has 1 heterocycles. The maximum atomic E-state index is 12.9. The molecule has 0 spiro atoms. The average Bonchev–Trinajstić information content (AvgIpc) is 2.65. The molecule has 0 aliphatic carbocycles. The van der Waals surface area contributed by atoms with Crippen molar-refractivity contribution >= 4 is 23.1 Å². The molecule has 0 N–H and O–H groups in total. The van der Waals surface area contributed by atoms with Gasteiger partial charge in [-0.25, -0.2) is 4.90 Å². The lowest BCUT2D eigenvalue weighted by molar-refractivity contribution is -0.112. The molecule has 6 nitrogen and oxygen atoms in total. The largest absolute Gasteiger partial charge is 0.504 e. The lowest BCUT2D eigenvalue weighted by Crippen LogP contribution is -2.41. The number of methoxy groups -OCH3 is 3. The summed E-state index contributed by atoms with van der Waals surface area (Å²) in [4.78, 5) is 26.9. The second kappa shape index (κ2) is 6.68. The zero-order valence-electron chi connectivity index (χ0n) is 14.1. The Morgan fingerprint density at radius 2 is 1.52 bits per heavy atom. The van der Waals surface area contributed by atoms with Crippen LogP contribution < -0.4 is 14.4 Å². The topological polar surface area (TPSA) is 65.1 Å². The van der Waals surface area contributed by atoms with Crippen LogP contribution in [-0.4, -0.2) is 33.1 Å². The first-order valence-electron chi connectivity index (χ1n) is 7.55. The van der Waals surface area contributed by atoms with Crippen LogP contribution in [0.15, 0.2) is 48.7 Å². The van der Waals surface area contributed by atoms with Gasteiger partial charge in [-0.15, -0.1) is 0 Å². The molecule has 1 aliphatic rings. The van der Waals surface area contributed by atoms with Gasteiger partial charge in [0.05, 0.1) is 38.9 Å². The van der Waals surface area contributed by atoms with Crippen molar-refractivity contribution in [1.82, 2.24) is 0 Å². The number of carbonyl (C=O) groups excluding carboxylic acids is 2. The summed E-state index contributed by atoms with van der Waals surface area (Å²) in [5, 5.41) is 0. The third-order valence-electron chi connectivity index (χ3n) is 3.95. The van der Waals surface area contributed by atoms with Crippen LogP contribution in [0.25, 0.3) is 5.57 Å². The lowest BCUT2D eigenvalue weighted by Gasteiger charge is -2.28. The Labute approximate surface area is 145 Å². The number of benzene rings is 2. The molecule has 0 fully saturated rings. The first kappa shape index (κ1) is 16.6. The summed E-state index contributed by atoms with van der Waals surface area (Å²) in [6, 6.07) is 11.8. The number of anilines is 1. The second-order valence-electron chi connectivity index (χ2n) is 5.30. The average molecular weight is 339 g/mol. The van der Waals surface area contributed by atoms with Crippen molar-refractivity contribution in [2.45, 2.75) is 0 Å². The van der Waals surface area contributed by atoms with Crippen LogP contribution in [0, 0.1) is 0 Å². The molecule has 0 radical (unpaired) electrons. The standard InChI is InChI=1S/C19H17NO5/c1-23-11-15-13-6-4-5-7-14(13)18(21)20(19(15)22)12-8-9-16(24-2)17(10-12)25-3/h4-11H,1-3H3/b15-11+. The number of imide groups is 1. The molecule has 2 amide bonds. The van der Waals surface area contributed by atoms with E-state index in [0.717, 1.165) is 4.90 Å². The SMILES string of the molecule is CO/C=C1/C(=O)N(c2ccc(OC)c(OC)c2)C(=O)c2ccccc21. The molecule has 25 heavy (non-hydrogen) atoms. The molecule has 128 valence electrons. The van der Waals surface area contributed by atoms with E-state index in [4.69, 9.17) is 14.2 Å². The highest BCUT2D eigenvalue weighted by Gasteiger charge is 2.36. The van der Waals surface area contributed by atoms with Gasteiger partial charge in [0.2, 0.25) is 0 Å². The molecule has 0 saturated carbocycles. The van der Waals surface area contributed by atoms with Gasteiger partial charge in [0.15, 0.2) is 11.5 Å². The third kappa shape index (κ3) is 2.71. The highest BCUT2D eigenvalue weighted by atomic mass is 16.5. The first-order valence-corrected chi connectivity index (χ1v) is 7.55. The van der Waals surface area contributed by atoms with Gasteiger partial charge in [-0.2, -0.15) is 0 Å². The fourth-order valence-electron chi connectivity index (χ4n) is 2.78. The summed E-state index contributed by atoms with van der Waals surface area (Å²) < 4.78 is 15.5. The van der Waals surface area contributed by atoms with Gasteiger partial charge in [0, 0.05) is 17.2 Å². The predicted octanol–water partition coefficient (Wildman–Crippen LogP) is 2.88. The third-order valence-corrected chi connectivity index (χ3v) is 3.95. The Balaban J connectivity index is 2.16. The van der Waals surface area contributed by atoms with Crippen molar-refractivity contribution in [3.63, 3.8) is 0 Å². The van der Waals surface area contributed by atoms with Crippen LogP contribution in [0.2, 0.25) is 0 Å². The van der Waals surface area contributed by atoms with Crippen molar-refractivity contribution in [3.05, 3.63) is 59.9 Å². The lowest BCUT2D eigenvalue weighted by atomic mass is 9.94. The van der Waals surface area contributed by atoms with Crippen LogP contribution in [0.5, 0.6) is 11.5 Å². The monoisotopic (exact) mass is 339 g/mol. The van der Waals surface area contributed by atoms with E-state index in [-0.39, 0.29) is 0 Å². The fraction of sp³-hybridized carbons (Fsp3) is 0.158. The molecular formula is C19H17NO5. The van der Waals surface area contributed by atoms with E-state index in [1.807, 2.05) is 0 Å². The molecule has 0 atom stereocenters. The van der Waals surface area contributed by atoms with Gasteiger partial charge >= 0.3 is 0 Å².